The highest BCUT2D eigenvalue weighted by molar-refractivity contribution is 5.80. The highest BCUT2D eigenvalue weighted by atomic mass is 16.5. The van der Waals surface area contributed by atoms with Crippen molar-refractivity contribution in [1.29, 1.82) is 0 Å². The van der Waals surface area contributed by atoms with Crippen LogP contribution in [0.2, 0.25) is 0 Å². The molecule has 0 heterocycles. The number of carbonyl (C=O) groups is 3. The molecule has 7 heteroatoms. The second kappa shape index (κ2) is 12.0. The Balaban J connectivity index is 3.82. The van der Waals surface area contributed by atoms with Crippen molar-refractivity contribution in [2.45, 2.75) is 45.4 Å². The summed E-state index contributed by atoms with van der Waals surface area (Å²) in [5.74, 6) is -1.21. The number of nitrogens with one attached hydrogen (secondary N) is 1. The smallest absolute Gasteiger partial charge is 0.325 e. The van der Waals surface area contributed by atoms with Gasteiger partial charge in [-0.25, -0.2) is 4.79 Å². The van der Waals surface area contributed by atoms with Crippen molar-refractivity contribution in [3.63, 3.8) is 0 Å². The zero-order valence-corrected chi connectivity index (χ0v) is 12.9. The number of nitrogens with zero attached hydrogens (tertiary/aromatic N) is 1. The minimum Gasteiger partial charge on any atom is -0.481 e. The number of carboxylic acids is 1. The van der Waals surface area contributed by atoms with E-state index in [9.17, 15) is 14.4 Å². The van der Waals surface area contributed by atoms with Crippen LogP contribution in [0.1, 0.15) is 45.4 Å². The Hall–Kier alpha value is -1.79. The number of urea groups is 1. The summed E-state index contributed by atoms with van der Waals surface area (Å²) in [5, 5.41) is 11.3. The third-order valence-electron chi connectivity index (χ3n) is 2.92. The molecular weight excluding hydrogens is 276 g/mol. The lowest BCUT2D eigenvalue weighted by Crippen LogP contribution is -2.43. The van der Waals surface area contributed by atoms with E-state index in [4.69, 9.17) is 5.11 Å². The summed E-state index contributed by atoms with van der Waals surface area (Å²) in [6, 6.07) is -0.271. The van der Waals surface area contributed by atoms with E-state index in [0.717, 1.165) is 25.7 Å². The number of methoxy groups -OCH3 is 1. The fraction of sp³-hybridized carbons (Fsp3) is 0.786. The molecule has 2 N–H and O–H groups in total. The molecule has 0 aliphatic rings. The van der Waals surface area contributed by atoms with Gasteiger partial charge in [-0.1, -0.05) is 19.8 Å². The van der Waals surface area contributed by atoms with E-state index >= 15 is 0 Å². The van der Waals surface area contributed by atoms with Crippen LogP contribution in [-0.2, 0) is 14.3 Å². The summed E-state index contributed by atoms with van der Waals surface area (Å²) in [4.78, 5) is 34.9. The standard InChI is InChI=1S/C14H26N2O5/c1-3-10-16(11-13(19)21-2)14(20)15-9-7-5-4-6-8-12(17)18/h3-11H2,1-2H3,(H,15,20)(H,17,18). The lowest BCUT2D eigenvalue weighted by atomic mass is 10.1. The van der Waals surface area contributed by atoms with Gasteiger partial charge in [0.15, 0.2) is 0 Å². The molecule has 0 fully saturated rings. The van der Waals surface area contributed by atoms with E-state index in [-0.39, 0.29) is 19.0 Å². The van der Waals surface area contributed by atoms with Gasteiger partial charge in [-0.3, -0.25) is 9.59 Å². The molecule has 0 saturated carbocycles. The molecule has 0 spiro atoms. The summed E-state index contributed by atoms with van der Waals surface area (Å²) < 4.78 is 4.56. The molecule has 122 valence electrons. The first-order valence-corrected chi connectivity index (χ1v) is 7.32. The van der Waals surface area contributed by atoms with Gasteiger partial charge in [0, 0.05) is 19.5 Å². The number of aliphatic carboxylic acids is 1. The lowest BCUT2D eigenvalue weighted by Gasteiger charge is -2.21. The zero-order valence-electron chi connectivity index (χ0n) is 12.9. The van der Waals surface area contributed by atoms with Crippen molar-refractivity contribution in [2.24, 2.45) is 0 Å². The second-order valence-electron chi connectivity index (χ2n) is 4.79. The van der Waals surface area contributed by atoms with Gasteiger partial charge in [-0.15, -0.1) is 0 Å². The van der Waals surface area contributed by atoms with Crippen molar-refractivity contribution >= 4 is 18.0 Å². The van der Waals surface area contributed by atoms with E-state index in [1.807, 2.05) is 6.92 Å². The van der Waals surface area contributed by atoms with Crippen LogP contribution in [0, 0.1) is 0 Å². The molecule has 0 aromatic rings. The Kier molecular flexibility index (Phi) is 11.0. The quantitative estimate of drug-likeness (QED) is 0.446. The van der Waals surface area contributed by atoms with Gasteiger partial charge >= 0.3 is 18.0 Å². The van der Waals surface area contributed by atoms with Crippen LogP contribution in [-0.4, -0.2) is 54.7 Å². The normalized spacial score (nSPS) is 10.0. The molecular formula is C14H26N2O5. The van der Waals surface area contributed by atoms with Gasteiger partial charge < -0.3 is 20.1 Å². The summed E-state index contributed by atoms with van der Waals surface area (Å²) in [6.07, 6.45) is 4.12. The number of carbonyl (C=O) groups excluding carboxylic acids is 2. The molecule has 21 heavy (non-hydrogen) atoms. The molecule has 0 bridgehead atoms. The molecule has 0 unspecified atom stereocenters. The number of esters is 1. The van der Waals surface area contributed by atoms with Crippen LogP contribution < -0.4 is 5.32 Å². The van der Waals surface area contributed by atoms with Gasteiger partial charge in [-0.05, 0) is 19.3 Å². The van der Waals surface area contributed by atoms with E-state index in [1.165, 1.54) is 12.0 Å². The third-order valence-corrected chi connectivity index (χ3v) is 2.92. The van der Waals surface area contributed by atoms with Gasteiger partial charge in [0.1, 0.15) is 6.54 Å². The average molecular weight is 302 g/mol. The average Bonchev–Trinajstić information content (AvgIpc) is 2.45. The van der Waals surface area contributed by atoms with E-state index in [2.05, 4.69) is 10.1 Å². The number of carboxylic acid groups (broad SMARTS) is 1. The molecule has 0 atom stereocenters. The molecule has 2 amide bonds. The molecule has 7 nitrogen and oxygen atoms in total. The summed E-state index contributed by atoms with van der Waals surface area (Å²) in [6.45, 7) is 2.90. The van der Waals surface area contributed by atoms with E-state index < -0.39 is 11.9 Å². The maximum Gasteiger partial charge on any atom is 0.325 e. The van der Waals surface area contributed by atoms with Crippen molar-refractivity contribution in [2.75, 3.05) is 26.7 Å². The van der Waals surface area contributed by atoms with Crippen molar-refractivity contribution < 1.29 is 24.2 Å². The molecule has 0 aromatic carbocycles. The first-order chi connectivity index (χ1) is 10.0. The second-order valence-corrected chi connectivity index (χ2v) is 4.79. The summed E-state index contributed by atoms with van der Waals surface area (Å²) in [5.41, 5.74) is 0. The predicted octanol–water partition coefficient (Wildman–Crippen LogP) is 1.62. The van der Waals surface area contributed by atoms with Crippen LogP contribution in [0.4, 0.5) is 4.79 Å². The molecule has 0 radical (unpaired) electrons. The number of hydrogen-bond acceptors (Lipinski definition) is 4. The molecule has 0 aromatic heterocycles. The van der Waals surface area contributed by atoms with Gasteiger partial charge in [0.25, 0.3) is 0 Å². The molecule has 0 aliphatic carbocycles. The number of amides is 2. The minimum atomic E-state index is -0.777. The van der Waals surface area contributed by atoms with Crippen molar-refractivity contribution in [3.8, 4) is 0 Å². The highest BCUT2D eigenvalue weighted by Gasteiger charge is 2.15. The van der Waals surface area contributed by atoms with E-state index in [1.54, 1.807) is 0 Å². The predicted molar refractivity (Wildman–Crippen MR) is 78.0 cm³/mol. The fourth-order valence-electron chi connectivity index (χ4n) is 1.80. The van der Waals surface area contributed by atoms with Crippen LogP contribution >= 0.6 is 0 Å². The first-order valence-electron chi connectivity index (χ1n) is 7.32. The monoisotopic (exact) mass is 302 g/mol. The number of unbranched alkanes of at least 4 members (excludes halogenated alkanes) is 3. The van der Waals surface area contributed by atoms with Gasteiger partial charge in [-0.2, -0.15) is 0 Å². The van der Waals surface area contributed by atoms with Gasteiger partial charge in [0.05, 0.1) is 7.11 Å². The highest BCUT2D eigenvalue weighted by Crippen LogP contribution is 2.02. The maximum absolute atomic E-state index is 11.9. The molecule has 0 rings (SSSR count). The third kappa shape index (κ3) is 10.6. The Morgan fingerprint density at radius 1 is 1.14 bits per heavy atom. The van der Waals surface area contributed by atoms with Crippen LogP contribution in [0.25, 0.3) is 0 Å². The molecule has 0 aliphatic heterocycles. The Morgan fingerprint density at radius 3 is 2.38 bits per heavy atom. The number of hydrogen-bond donors (Lipinski definition) is 2. The molecule has 0 saturated heterocycles. The lowest BCUT2D eigenvalue weighted by molar-refractivity contribution is -0.141. The maximum atomic E-state index is 11.9. The first kappa shape index (κ1) is 19.2. The van der Waals surface area contributed by atoms with Crippen molar-refractivity contribution in [3.05, 3.63) is 0 Å². The SMILES string of the molecule is CCCN(CC(=O)OC)C(=O)NCCCCCCC(=O)O. The van der Waals surface area contributed by atoms with Crippen LogP contribution in [0.3, 0.4) is 0 Å². The van der Waals surface area contributed by atoms with Gasteiger partial charge in [0.2, 0.25) is 0 Å². The van der Waals surface area contributed by atoms with Crippen LogP contribution in [0.15, 0.2) is 0 Å². The Morgan fingerprint density at radius 2 is 1.81 bits per heavy atom. The number of rotatable bonds is 11. The van der Waals surface area contributed by atoms with E-state index in [0.29, 0.717) is 19.5 Å². The number of ether oxygens (including phenoxy) is 1. The topological polar surface area (TPSA) is 95.9 Å². The summed E-state index contributed by atoms with van der Waals surface area (Å²) >= 11 is 0. The fourth-order valence-corrected chi connectivity index (χ4v) is 1.80. The van der Waals surface area contributed by atoms with Crippen molar-refractivity contribution in [1.82, 2.24) is 10.2 Å². The Labute approximate surface area is 125 Å². The zero-order chi connectivity index (χ0) is 16.1. The minimum absolute atomic E-state index is 0.0468. The van der Waals surface area contributed by atoms with Crippen LogP contribution in [0.5, 0.6) is 0 Å². The Bertz CT molecular complexity index is 333. The summed E-state index contributed by atoms with van der Waals surface area (Å²) in [7, 11) is 1.29. The largest absolute Gasteiger partial charge is 0.481 e.